The average molecular weight is 259 g/mol. The van der Waals surface area contributed by atoms with Crippen molar-refractivity contribution in [3.05, 3.63) is 35.4 Å². The van der Waals surface area contributed by atoms with E-state index in [-0.39, 0.29) is 0 Å². The standard InChI is InChI=1S/C17H25NO/c1-12(2)15-8-3-4-9-16(15)17(19)10-13-6-5-7-14(11-17)18-13/h3-4,8-9,12-14,18-19H,5-7,10-11H2,1-2H3. The van der Waals surface area contributed by atoms with E-state index in [0.717, 1.165) is 12.8 Å². The number of hydrogen-bond acceptors (Lipinski definition) is 2. The first kappa shape index (κ1) is 13.1. The SMILES string of the molecule is CC(C)c1ccccc1C1(O)CC2CCCC(C1)N2. The fourth-order valence-corrected chi connectivity index (χ4v) is 3.98. The third kappa shape index (κ3) is 2.44. The normalized spacial score (nSPS) is 34.5. The van der Waals surface area contributed by atoms with Gasteiger partial charge in [-0.3, -0.25) is 0 Å². The fraction of sp³-hybridized carbons (Fsp3) is 0.647. The molecule has 2 unspecified atom stereocenters. The quantitative estimate of drug-likeness (QED) is 0.854. The Kier molecular flexibility index (Phi) is 3.40. The van der Waals surface area contributed by atoms with Gasteiger partial charge in [0, 0.05) is 12.1 Å². The van der Waals surface area contributed by atoms with Gasteiger partial charge in [-0.25, -0.2) is 0 Å². The number of piperidine rings is 2. The highest BCUT2D eigenvalue weighted by atomic mass is 16.3. The van der Waals surface area contributed by atoms with Gasteiger partial charge in [-0.1, -0.05) is 44.5 Å². The predicted molar refractivity (Wildman–Crippen MR) is 78.2 cm³/mol. The summed E-state index contributed by atoms with van der Waals surface area (Å²) in [6.45, 7) is 4.42. The molecule has 0 saturated carbocycles. The van der Waals surface area contributed by atoms with Crippen molar-refractivity contribution in [3.63, 3.8) is 0 Å². The molecule has 2 heteroatoms. The van der Waals surface area contributed by atoms with Crippen LogP contribution in [0.25, 0.3) is 0 Å². The van der Waals surface area contributed by atoms with Crippen LogP contribution < -0.4 is 5.32 Å². The van der Waals surface area contributed by atoms with Crippen LogP contribution in [-0.4, -0.2) is 17.2 Å². The molecule has 0 aliphatic carbocycles. The molecule has 2 atom stereocenters. The van der Waals surface area contributed by atoms with Crippen molar-refractivity contribution < 1.29 is 5.11 Å². The average Bonchev–Trinajstić information content (AvgIpc) is 2.38. The molecule has 1 aromatic rings. The molecule has 2 saturated heterocycles. The zero-order valence-corrected chi connectivity index (χ0v) is 12.0. The summed E-state index contributed by atoms with van der Waals surface area (Å²) in [5, 5.41) is 14.9. The Bertz CT molecular complexity index is 442. The highest BCUT2D eigenvalue weighted by Gasteiger charge is 2.42. The minimum Gasteiger partial charge on any atom is -0.385 e. The molecule has 2 bridgehead atoms. The zero-order chi connectivity index (χ0) is 13.5. The Morgan fingerprint density at radius 1 is 1.16 bits per heavy atom. The Labute approximate surface area is 116 Å². The van der Waals surface area contributed by atoms with Gasteiger partial charge in [0.25, 0.3) is 0 Å². The van der Waals surface area contributed by atoms with E-state index in [1.807, 2.05) is 0 Å². The van der Waals surface area contributed by atoms with Crippen LogP contribution in [0.15, 0.2) is 24.3 Å². The summed E-state index contributed by atoms with van der Waals surface area (Å²) in [6, 6.07) is 9.46. The second-order valence-corrected chi connectivity index (χ2v) is 6.67. The largest absolute Gasteiger partial charge is 0.385 e. The van der Waals surface area contributed by atoms with Gasteiger partial charge in [0.2, 0.25) is 0 Å². The molecule has 19 heavy (non-hydrogen) atoms. The van der Waals surface area contributed by atoms with Crippen LogP contribution >= 0.6 is 0 Å². The molecule has 0 aromatic heterocycles. The fourth-order valence-electron chi connectivity index (χ4n) is 3.98. The topological polar surface area (TPSA) is 32.3 Å². The van der Waals surface area contributed by atoms with Crippen molar-refractivity contribution >= 4 is 0 Å². The van der Waals surface area contributed by atoms with Crippen molar-refractivity contribution in [1.82, 2.24) is 5.32 Å². The third-order valence-corrected chi connectivity index (χ3v) is 4.83. The third-order valence-electron chi connectivity index (χ3n) is 4.83. The first-order valence-corrected chi connectivity index (χ1v) is 7.66. The Hall–Kier alpha value is -0.860. The van der Waals surface area contributed by atoms with Crippen LogP contribution in [0.4, 0.5) is 0 Å². The molecule has 0 spiro atoms. The maximum absolute atomic E-state index is 11.2. The highest BCUT2D eigenvalue weighted by molar-refractivity contribution is 5.35. The summed E-state index contributed by atoms with van der Waals surface area (Å²) < 4.78 is 0. The second-order valence-electron chi connectivity index (χ2n) is 6.67. The van der Waals surface area contributed by atoms with Gasteiger partial charge in [0.1, 0.15) is 0 Å². The van der Waals surface area contributed by atoms with Crippen molar-refractivity contribution in [2.24, 2.45) is 0 Å². The molecule has 104 valence electrons. The number of hydrogen-bond donors (Lipinski definition) is 2. The first-order chi connectivity index (χ1) is 9.08. The number of aliphatic hydroxyl groups is 1. The summed E-state index contributed by atoms with van der Waals surface area (Å²) in [5.74, 6) is 0.468. The summed E-state index contributed by atoms with van der Waals surface area (Å²) in [7, 11) is 0. The lowest BCUT2D eigenvalue weighted by molar-refractivity contribution is -0.0366. The van der Waals surface area contributed by atoms with Crippen LogP contribution in [-0.2, 0) is 5.60 Å². The van der Waals surface area contributed by atoms with Gasteiger partial charge in [-0.15, -0.1) is 0 Å². The van der Waals surface area contributed by atoms with E-state index in [2.05, 4.69) is 43.4 Å². The van der Waals surface area contributed by atoms with Gasteiger partial charge in [0.15, 0.2) is 0 Å². The Morgan fingerprint density at radius 3 is 2.42 bits per heavy atom. The number of benzene rings is 1. The molecule has 1 aromatic carbocycles. The molecular weight excluding hydrogens is 234 g/mol. The molecule has 2 heterocycles. The van der Waals surface area contributed by atoms with Crippen LogP contribution in [0.1, 0.15) is 63.0 Å². The number of nitrogens with one attached hydrogen (secondary N) is 1. The number of fused-ring (bicyclic) bond motifs is 2. The van der Waals surface area contributed by atoms with Crippen LogP contribution in [0.3, 0.4) is 0 Å². The molecule has 2 nitrogen and oxygen atoms in total. The lowest BCUT2D eigenvalue weighted by Gasteiger charge is -2.46. The highest BCUT2D eigenvalue weighted by Crippen LogP contribution is 2.42. The lowest BCUT2D eigenvalue weighted by Crippen LogP contribution is -2.54. The van der Waals surface area contributed by atoms with E-state index >= 15 is 0 Å². The summed E-state index contributed by atoms with van der Waals surface area (Å²) in [5.41, 5.74) is 1.86. The maximum atomic E-state index is 11.2. The monoisotopic (exact) mass is 259 g/mol. The molecule has 2 fully saturated rings. The maximum Gasteiger partial charge on any atom is 0.0928 e. The molecular formula is C17H25NO. The van der Waals surface area contributed by atoms with E-state index in [1.165, 1.54) is 30.4 Å². The van der Waals surface area contributed by atoms with Crippen LogP contribution in [0, 0.1) is 0 Å². The van der Waals surface area contributed by atoms with Gasteiger partial charge in [-0.05, 0) is 42.7 Å². The Balaban J connectivity index is 1.96. The van der Waals surface area contributed by atoms with Gasteiger partial charge >= 0.3 is 0 Å². The van der Waals surface area contributed by atoms with Crippen molar-refractivity contribution in [2.75, 3.05) is 0 Å². The summed E-state index contributed by atoms with van der Waals surface area (Å²) >= 11 is 0. The van der Waals surface area contributed by atoms with Crippen LogP contribution in [0.5, 0.6) is 0 Å². The number of rotatable bonds is 2. The lowest BCUT2D eigenvalue weighted by atomic mass is 9.72. The summed E-state index contributed by atoms with van der Waals surface area (Å²) in [6.07, 6.45) is 5.47. The smallest absolute Gasteiger partial charge is 0.0928 e. The Morgan fingerprint density at radius 2 is 1.79 bits per heavy atom. The molecule has 3 rings (SSSR count). The van der Waals surface area contributed by atoms with E-state index in [9.17, 15) is 5.11 Å². The minimum absolute atomic E-state index is 0.468. The van der Waals surface area contributed by atoms with Crippen molar-refractivity contribution in [1.29, 1.82) is 0 Å². The van der Waals surface area contributed by atoms with E-state index in [1.54, 1.807) is 0 Å². The second kappa shape index (κ2) is 4.92. The molecule has 2 aliphatic rings. The van der Waals surface area contributed by atoms with Crippen molar-refractivity contribution in [3.8, 4) is 0 Å². The van der Waals surface area contributed by atoms with E-state index in [0.29, 0.717) is 18.0 Å². The van der Waals surface area contributed by atoms with Gasteiger partial charge in [-0.2, -0.15) is 0 Å². The molecule has 2 N–H and O–H groups in total. The predicted octanol–water partition coefficient (Wildman–Crippen LogP) is 3.30. The van der Waals surface area contributed by atoms with Gasteiger partial charge in [0.05, 0.1) is 5.60 Å². The van der Waals surface area contributed by atoms with Crippen LogP contribution in [0.2, 0.25) is 0 Å². The van der Waals surface area contributed by atoms with Crippen molar-refractivity contribution in [2.45, 2.75) is 69.6 Å². The summed E-state index contributed by atoms with van der Waals surface area (Å²) in [4.78, 5) is 0. The van der Waals surface area contributed by atoms with E-state index in [4.69, 9.17) is 0 Å². The molecule has 2 aliphatic heterocycles. The first-order valence-electron chi connectivity index (χ1n) is 7.66. The molecule has 0 amide bonds. The van der Waals surface area contributed by atoms with E-state index < -0.39 is 5.60 Å². The molecule has 0 radical (unpaired) electrons. The minimum atomic E-state index is -0.623. The van der Waals surface area contributed by atoms with Gasteiger partial charge < -0.3 is 10.4 Å². The zero-order valence-electron chi connectivity index (χ0n) is 12.0.